The molecule has 1 unspecified atom stereocenters. The highest BCUT2D eigenvalue weighted by atomic mass is 35.5. The number of amides is 1. The van der Waals surface area contributed by atoms with E-state index in [4.69, 9.17) is 34.2 Å². The molecule has 3 aromatic rings. The van der Waals surface area contributed by atoms with E-state index in [1.165, 1.54) is 12.1 Å². The molecule has 5 nitrogen and oxygen atoms in total. The van der Waals surface area contributed by atoms with Crippen molar-refractivity contribution in [2.24, 2.45) is 0 Å². The van der Waals surface area contributed by atoms with Crippen molar-refractivity contribution >= 4 is 40.5 Å². The first kappa shape index (κ1) is 21.9. The zero-order valence-electron chi connectivity index (χ0n) is 16.9. The predicted molar refractivity (Wildman–Crippen MR) is 124 cm³/mol. The van der Waals surface area contributed by atoms with Crippen LogP contribution in [0.25, 0.3) is 0 Å². The third-order valence-corrected chi connectivity index (χ3v) is 6.11. The quantitative estimate of drug-likeness (QED) is 0.529. The second-order valence-electron chi connectivity index (χ2n) is 7.52. The third kappa shape index (κ3) is 4.36. The van der Waals surface area contributed by atoms with E-state index < -0.39 is 5.82 Å². The first-order chi connectivity index (χ1) is 15.4. The number of nitrogen functional groups attached to an aromatic ring is 1. The number of carbonyl (C=O) groups is 1. The van der Waals surface area contributed by atoms with Crippen molar-refractivity contribution in [1.29, 1.82) is 5.26 Å². The van der Waals surface area contributed by atoms with Crippen molar-refractivity contribution in [2.75, 3.05) is 30.3 Å². The molecule has 1 heterocycles. The highest BCUT2D eigenvalue weighted by Crippen LogP contribution is 2.36. The number of carbonyl (C=O) groups excluding carboxylic acids is 1. The Kier molecular flexibility index (Phi) is 6.22. The summed E-state index contributed by atoms with van der Waals surface area (Å²) in [5.74, 6) is -0.745. The van der Waals surface area contributed by atoms with E-state index in [0.717, 1.165) is 17.3 Å². The Morgan fingerprint density at radius 1 is 1.06 bits per heavy atom. The fourth-order valence-corrected chi connectivity index (χ4v) is 4.35. The Morgan fingerprint density at radius 2 is 1.81 bits per heavy atom. The van der Waals surface area contributed by atoms with Crippen LogP contribution in [0.15, 0.2) is 60.7 Å². The Balaban J connectivity index is 1.69. The lowest BCUT2D eigenvalue weighted by molar-refractivity contribution is 0.0723. The predicted octanol–water partition coefficient (Wildman–Crippen LogP) is 5.29. The number of nitriles is 1. The standard InChI is InChI=1S/C24H19Cl2FN4O/c25-17-4-2-16(3-5-17)23-14-30(24(32)19-7-6-18(27)12-21(19)29)9-10-31(23)22-8-1-15(13-28)11-20(22)26/h1-8,11-12,23H,9-10,14,29H2. The highest BCUT2D eigenvalue weighted by Gasteiger charge is 2.32. The minimum Gasteiger partial charge on any atom is -0.398 e. The van der Waals surface area contributed by atoms with E-state index in [1.807, 2.05) is 18.2 Å². The zero-order chi connectivity index (χ0) is 22.8. The summed E-state index contributed by atoms with van der Waals surface area (Å²) >= 11 is 12.6. The number of nitrogens with two attached hydrogens (primary N) is 1. The Labute approximate surface area is 195 Å². The molecule has 0 bridgehead atoms. The summed E-state index contributed by atoms with van der Waals surface area (Å²) in [4.78, 5) is 17.0. The monoisotopic (exact) mass is 468 g/mol. The van der Waals surface area contributed by atoms with Crippen LogP contribution in [0.5, 0.6) is 0 Å². The average Bonchev–Trinajstić information content (AvgIpc) is 2.79. The molecule has 162 valence electrons. The topological polar surface area (TPSA) is 73.4 Å². The molecule has 1 aliphatic heterocycles. The molecule has 0 radical (unpaired) electrons. The number of rotatable bonds is 3. The second-order valence-corrected chi connectivity index (χ2v) is 8.37. The van der Waals surface area contributed by atoms with E-state index in [1.54, 1.807) is 29.2 Å². The van der Waals surface area contributed by atoms with Crippen molar-refractivity contribution in [3.05, 3.63) is 93.2 Å². The fraction of sp³-hybridized carbons (Fsp3) is 0.167. The van der Waals surface area contributed by atoms with Gasteiger partial charge in [0.1, 0.15) is 5.82 Å². The maximum Gasteiger partial charge on any atom is 0.256 e. The Morgan fingerprint density at radius 3 is 2.47 bits per heavy atom. The first-order valence-electron chi connectivity index (χ1n) is 9.93. The molecule has 4 rings (SSSR count). The summed E-state index contributed by atoms with van der Waals surface area (Å²) in [6, 6.07) is 18.3. The van der Waals surface area contributed by atoms with Gasteiger partial charge in [-0.05, 0) is 54.1 Å². The summed E-state index contributed by atoms with van der Waals surface area (Å²) in [5, 5.41) is 10.2. The lowest BCUT2D eigenvalue weighted by Crippen LogP contribution is -2.50. The molecular formula is C24H19Cl2FN4O. The summed E-state index contributed by atoms with van der Waals surface area (Å²) < 4.78 is 13.4. The van der Waals surface area contributed by atoms with Crippen LogP contribution in [-0.4, -0.2) is 30.4 Å². The van der Waals surface area contributed by atoms with Crippen LogP contribution in [0.3, 0.4) is 0 Å². The van der Waals surface area contributed by atoms with Crippen molar-refractivity contribution < 1.29 is 9.18 Å². The summed E-state index contributed by atoms with van der Waals surface area (Å²) in [6.07, 6.45) is 0. The normalized spacial score (nSPS) is 16.0. The fourth-order valence-electron chi connectivity index (χ4n) is 3.93. The van der Waals surface area contributed by atoms with Crippen LogP contribution < -0.4 is 10.6 Å². The Bertz CT molecular complexity index is 1210. The van der Waals surface area contributed by atoms with E-state index in [-0.39, 0.29) is 23.2 Å². The molecule has 0 aromatic heterocycles. The van der Waals surface area contributed by atoms with E-state index in [0.29, 0.717) is 35.2 Å². The van der Waals surface area contributed by atoms with Gasteiger partial charge in [-0.2, -0.15) is 5.26 Å². The second kappa shape index (κ2) is 9.07. The van der Waals surface area contributed by atoms with Gasteiger partial charge in [0.05, 0.1) is 33.9 Å². The third-order valence-electron chi connectivity index (χ3n) is 5.55. The van der Waals surface area contributed by atoms with Crippen LogP contribution in [0.1, 0.15) is 27.5 Å². The lowest BCUT2D eigenvalue weighted by Gasteiger charge is -2.43. The number of halogens is 3. The van der Waals surface area contributed by atoms with Gasteiger partial charge in [-0.15, -0.1) is 0 Å². The summed E-state index contributed by atoms with van der Waals surface area (Å²) in [5.41, 5.74) is 8.49. The number of piperazine rings is 1. The van der Waals surface area contributed by atoms with E-state index in [2.05, 4.69) is 11.0 Å². The molecule has 0 spiro atoms. The molecular weight excluding hydrogens is 450 g/mol. The molecule has 2 N–H and O–H groups in total. The van der Waals surface area contributed by atoms with Gasteiger partial charge in [0.15, 0.2) is 0 Å². The minimum atomic E-state index is -0.488. The summed E-state index contributed by atoms with van der Waals surface area (Å²) in [7, 11) is 0. The zero-order valence-corrected chi connectivity index (χ0v) is 18.4. The largest absolute Gasteiger partial charge is 0.398 e. The van der Waals surface area contributed by atoms with Gasteiger partial charge < -0.3 is 15.5 Å². The number of nitrogens with zero attached hydrogens (tertiary/aromatic N) is 3. The number of benzene rings is 3. The molecule has 1 amide bonds. The molecule has 1 aliphatic rings. The average molecular weight is 469 g/mol. The van der Waals surface area contributed by atoms with Crippen molar-refractivity contribution in [2.45, 2.75) is 6.04 Å². The van der Waals surface area contributed by atoms with Gasteiger partial charge >= 0.3 is 0 Å². The molecule has 1 atom stereocenters. The van der Waals surface area contributed by atoms with Gasteiger partial charge in [-0.1, -0.05) is 35.3 Å². The number of hydrogen-bond acceptors (Lipinski definition) is 4. The highest BCUT2D eigenvalue weighted by molar-refractivity contribution is 6.33. The SMILES string of the molecule is N#Cc1ccc(N2CCN(C(=O)c3ccc(F)cc3N)CC2c2ccc(Cl)cc2)c(Cl)c1. The van der Waals surface area contributed by atoms with E-state index >= 15 is 0 Å². The lowest BCUT2D eigenvalue weighted by atomic mass is 10.00. The van der Waals surface area contributed by atoms with Crippen LogP contribution in [0.2, 0.25) is 10.0 Å². The first-order valence-corrected chi connectivity index (χ1v) is 10.7. The van der Waals surface area contributed by atoms with Gasteiger partial charge in [-0.3, -0.25) is 4.79 Å². The van der Waals surface area contributed by atoms with Crippen LogP contribution in [0, 0.1) is 17.1 Å². The minimum absolute atomic E-state index is 0.107. The van der Waals surface area contributed by atoms with Crippen LogP contribution >= 0.6 is 23.2 Å². The van der Waals surface area contributed by atoms with Crippen LogP contribution in [-0.2, 0) is 0 Å². The number of hydrogen-bond donors (Lipinski definition) is 1. The maximum absolute atomic E-state index is 13.4. The summed E-state index contributed by atoms with van der Waals surface area (Å²) in [6.45, 7) is 1.30. The molecule has 3 aromatic carbocycles. The molecule has 0 saturated carbocycles. The molecule has 0 aliphatic carbocycles. The molecule has 32 heavy (non-hydrogen) atoms. The number of anilines is 2. The Hall–Kier alpha value is -3.27. The van der Waals surface area contributed by atoms with Crippen molar-refractivity contribution in [1.82, 2.24) is 4.90 Å². The van der Waals surface area contributed by atoms with Crippen molar-refractivity contribution in [3.8, 4) is 6.07 Å². The maximum atomic E-state index is 13.4. The van der Waals surface area contributed by atoms with Crippen molar-refractivity contribution in [3.63, 3.8) is 0 Å². The smallest absolute Gasteiger partial charge is 0.256 e. The van der Waals surface area contributed by atoms with E-state index in [9.17, 15) is 9.18 Å². The van der Waals surface area contributed by atoms with Gasteiger partial charge in [0, 0.05) is 30.3 Å². The van der Waals surface area contributed by atoms with Gasteiger partial charge in [-0.25, -0.2) is 4.39 Å². The molecule has 1 saturated heterocycles. The van der Waals surface area contributed by atoms with Crippen LogP contribution in [0.4, 0.5) is 15.8 Å². The van der Waals surface area contributed by atoms with Gasteiger partial charge in [0.25, 0.3) is 5.91 Å². The molecule has 8 heteroatoms. The molecule has 1 fully saturated rings. The van der Waals surface area contributed by atoms with Gasteiger partial charge in [0.2, 0.25) is 0 Å².